The average Bonchev–Trinajstić information content (AvgIpc) is 3.30. The van der Waals surface area contributed by atoms with Crippen LogP contribution >= 0.6 is 0 Å². The quantitative estimate of drug-likeness (QED) is 0.593. The Bertz CT molecular complexity index is 1030. The third-order valence-corrected chi connectivity index (χ3v) is 5.79. The number of likely N-dealkylation sites (tertiary alicyclic amines) is 1. The van der Waals surface area contributed by atoms with E-state index in [0.29, 0.717) is 6.54 Å². The van der Waals surface area contributed by atoms with E-state index in [1.165, 1.54) is 31.5 Å². The van der Waals surface area contributed by atoms with Crippen LogP contribution in [0.4, 0.5) is 0 Å². The van der Waals surface area contributed by atoms with Crippen LogP contribution in [0.2, 0.25) is 0 Å². The Morgan fingerprint density at radius 2 is 1.48 bits per heavy atom. The summed E-state index contributed by atoms with van der Waals surface area (Å²) in [7, 11) is 0. The molecule has 1 saturated heterocycles. The largest absolute Gasteiger partial charge is 0.350 e. The predicted octanol–water partition coefficient (Wildman–Crippen LogP) is 3.41. The molecule has 2 N–H and O–H groups in total. The highest BCUT2D eigenvalue weighted by Gasteiger charge is 2.12. The SMILES string of the molecule is O=C(CNC(=O)Cc1cccc2ccccc12)NCc1ccc(CN2CCCC2)cc1. The lowest BCUT2D eigenvalue weighted by Gasteiger charge is -2.14. The molecule has 5 heteroatoms. The zero-order valence-corrected chi connectivity index (χ0v) is 17.8. The standard InChI is InChI=1S/C26H29N3O2/c30-25(16-23-8-5-7-22-6-1-2-9-24(22)23)28-18-26(31)27-17-20-10-12-21(13-11-20)19-29-14-3-4-15-29/h1-2,5-13H,3-4,14-19H2,(H,27,31)(H,28,30). The normalized spacial score (nSPS) is 13.9. The summed E-state index contributed by atoms with van der Waals surface area (Å²) < 4.78 is 0. The van der Waals surface area contributed by atoms with Crippen LogP contribution in [0.1, 0.15) is 29.5 Å². The van der Waals surface area contributed by atoms with E-state index in [1.54, 1.807) is 0 Å². The molecule has 1 aliphatic heterocycles. The van der Waals surface area contributed by atoms with Crippen LogP contribution in [0.25, 0.3) is 10.8 Å². The first-order valence-electron chi connectivity index (χ1n) is 11.0. The molecule has 0 bridgehead atoms. The zero-order valence-electron chi connectivity index (χ0n) is 17.8. The van der Waals surface area contributed by atoms with Crippen LogP contribution in [-0.2, 0) is 29.1 Å². The molecular formula is C26H29N3O2. The van der Waals surface area contributed by atoms with Crippen LogP contribution < -0.4 is 10.6 Å². The molecule has 160 valence electrons. The van der Waals surface area contributed by atoms with Crippen molar-refractivity contribution in [1.82, 2.24) is 15.5 Å². The lowest BCUT2D eigenvalue weighted by molar-refractivity contribution is -0.125. The van der Waals surface area contributed by atoms with Gasteiger partial charge in [-0.3, -0.25) is 14.5 Å². The third kappa shape index (κ3) is 5.92. The van der Waals surface area contributed by atoms with Crippen LogP contribution in [0, 0.1) is 0 Å². The molecule has 3 aromatic rings. The number of amides is 2. The summed E-state index contributed by atoms with van der Waals surface area (Å²) in [6.07, 6.45) is 2.85. The van der Waals surface area contributed by atoms with Gasteiger partial charge in [-0.15, -0.1) is 0 Å². The summed E-state index contributed by atoms with van der Waals surface area (Å²) in [5.41, 5.74) is 3.32. The van der Waals surface area contributed by atoms with Gasteiger partial charge in [-0.1, -0.05) is 66.7 Å². The molecule has 5 nitrogen and oxygen atoms in total. The van der Waals surface area contributed by atoms with Crippen LogP contribution in [-0.4, -0.2) is 36.3 Å². The van der Waals surface area contributed by atoms with Crippen LogP contribution in [0.15, 0.2) is 66.7 Å². The third-order valence-electron chi connectivity index (χ3n) is 5.79. The molecule has 0 aliphatic carbocycles. The first-order chi connectivity index (χ1) is 15.2. The number of nitrogens with zero attached hydrogens (tertiary/aromatic N) is 1. The van der Waals surface area contributed by atoms with Crippen molar-refractivity contribution >= 4 is 22.6 Å². The van der Waals surface area contributed by atoms with Gasteiger partial charge in [0.15, 0.2) is 0 Å². The van der Waals surface area contributed by atoms with Crippen molar-refractivity contribution < 1.29 is 9.59 Å². The molecule has 0 atom stereocenters. The fraction of sp³-hybridized carbons (Fsp3) is 0.308. The fourth-order valence-corrected chi connectivity index (χ4v) is 4.09. The van der Waals surface area contributed by atoms with E-state index < -0.39 is 0 Å². The maximum Gasteiger partial charge on any atom is 0.239 e. The molecule has 1 heterocycles. The topological polar surface area (TPSA) is 61.4 Å². The second-order valence-corrected chi connectivity index (χ2v) is 8.17. The smallest absolute Gasteiger partial charge is 0.239 e. The highest BCUT2D eigenvalue weighted by atomic mass is 16.2. The lowest BCUT2D eigenvalue weighted by Crippen LogP contribution is -2.37. The van der Waals surface area contributed by atoms with Crippen LogP contribution in [0.3, 0.4) is 0 Å². The van der Waals surface area contributed by atoms with Crippen molar-refractivity contribution in [2.75, 3.05) is 19.6 Å². The Balaban J connectivity index is 1.20. The second-order valence-electron chi connectivity index (χ2n) is 8.17. The minimum Gasteiger partial charge on any atom is -0.350 e. The molecule has 0 aromatic heterocycles. The molecule has 0 radical (unpaired) electrons. The molecule has 1 aliphatic rings. The molecule has 0 saturated carbocycles. The number of fused-ring (bicyclic) bond motifs is 1. The van der Waals surface area contributed by atoms with Crippen LogP contribution in [0.5, 0.6) is 0 Å². The minimum absolute atomic E-state index is 0.0172. The first kappa shape index (κ1) is 21.1. The lowest BCUT2D eigenvalue weighted by atomic mass is 10.0. The number of nitrogens with one attached hydrogen (secondary N) is 2. The number of carbonyl (C=O) groups is 2. The Hall–Kier alpha value is -3.18. The minimum atomic E-state index is -0.188. The number of hydrogen-bond donors (Lipinski definition) is 2. The Morgan fingerprint density at radius 3 is 2.29 bits per heavy atom. The van der Waals surface area contributed by atoms with Crippen molar-refractivity contribution in [3.8, 4) is 0 Å². The maximum absolute atomic E-state index is 12.3. The Labute approximate surface area is 183 Å². The van der Waals surface area contributed by atoms with E-state index in [4.69, 9.17) is 0 Å². The highest BCUT2D eigenvalue weighted by Crippen LogP contribution is 2.18. The summed E-state index contributed by atoms with van der Waals surface area (Å²) in [6, 6.07) is 22.3. The van der Waals surface area contributed by atoms with E-state index in [-0.39, 0.29) is 24.8 Å². The van der Waals surface area contributed by atoms with Gasteiger partial charge in [-0.2, -0.15) is 0 Å². The van der Waals surface area contributed by atoms with Gasteiger partial charge < -0.3 is 10.6 Å². The average molecular weight is 416 g/mol. The fourth-order valence-electron chi connectivity index (χ4n) is 4.09. The van der Waals surface area contributed by atoms with E-state index in [0.717, 1.165) is 28.4 Å². The van der Waals surface area contributed by atoms with Crippen molar-refractivity contribution in [2.45, 2.75) is 32.4 Å². The van der Waals surface area contributed by atoms with Gasteiger partial charge in [-0.25, -0.2) is 0 Å². The maximum atomic E-state index is 12.3. The predicted molar refractivity (Wildman–Crippen MR) is 123 cm³/mol. The Kier molecular flexibility index (Phi) is 6.95. The van der Waals surface area contributed by atoms with E-state index >= 15 is 0 Å². The molecule has 31 heavy (non-hydrogen) atoms. The van der Waals surface area contributed by atoms with Crippen molar-refractivity contribution in [3.05, 3.63) is 83.4 Å². The summed E-state index contributed by atoms with van der Waals surface area (Å²) in [6.45, 7) is 3.81. The molecule has 0 unspecified atom stereocenters. The summed E-state index contributed by atoms with van der Waals surface area (Å²) in [5.74, 6) is -0.342. The molecule has 2 amide bonds. The van der Waals surface area contributed by atoms with Gasteiger partial charge in [0, 0.05) is 13.1 Å². The number of benzene rings is 3. The molecule has 1 fully saturated rings. The van der Waals surface area contributed by atoms with Gasteiger partial charge in [0.05, 0.1) is 13.0 Å². The van der Waals surface area contributed by atoms with Crippen molar-refractivity contribution in [1.29, 1.82) is 0 Å². The zero-order chi connectivity index (χ0) is 21.5. The van der Waals surface area contributed by atoms with Gasteiger partial charge in [0.25, 0.3) is 0 Å². The van der Waals surface area contributed by atoms with E-state index in [9.17, 15) is 9.59 Å². The first-order valence-corrected chi connectivity index (χ1v) is 11.0. The molecule has 0 spiro atoms. The second kappa shape index (κ2) is 10.2. The van der Waals surface area contributed by atoms with Gasteiger partial charge in [0.1, 0.15) is 0 Å². The molecule has 4 rings (SSSR count). The van der Waals surface area contributed by atoms with Gasteiger partial charge in [-0.05, 0) is 53.4 Å². The molecular weight excluding hydrogens is 386 g/mol. The number of carbonyl (C=O) groups excluding carboxylic acids is 2. The highest BCUT2D eigenvalue weighted by molar-refractivity contribution is 5.91. The summed E-state index contributed by atoms with van der Waals surface area (Å²) in [5, 5.41) is 7.78. The Morgan fingerprint density at radius 1 is 0.774 bits per heavy atom. The summed E-state index contributed by atoms with van der Waals surface area (Å²) >= 11 is 0. The summed E-state index contributed by atoms with van der Waals surface area (Å²) in [4.78, 5) is 26.9. The van der Waals surface area contributed by atoms with E-state index in [1.807, 2.05) is 42.5 Å². The van der Waals surface area contributed by atoms with Gasteiger partial charge in [0.2, 0.25) is 11.8 Å². The van der Waals surface area contributed by atoms with E-state index in [2.05, 4.69) is 39.8 Å². The molecule has 3 aromatic carbocycles. The van der Waals surface area contributed by atoms with Crippen molar-refractivity contribution in [3.63, 3.8) is 0 Å². The monoisotopic (exact) mass is 415 g/mol. The van der Waals surface area contributed by atoms with Gasteiger partial charge >= 0.3 is 0 Å². The number of hydrogen-bond acceptors (Lipinski definition) is 3. The van der Waals surface area contributed by atoms with Crippen molar-refractivity contribution in [2.24, 2.45) is 0 Å². The number of rotatable bonds is 8.